The third-order valence-electron chi connectivity index (χ3n) is 3.77. The molecule has 0 aliphatic heterocycles. The lowest BCUT2D eigenvalue weighted by molar-refractivity contribution is -0.138. The Morgan fingerprint density at radius 3 is 2.50 bits per heavy atom. The van der Waals surface area contributed by atoms with Gasteiger partial charge in [-0.25, -0.2) is 4.39 Å². The first-order valence-electron chi connectivity index (χ1n) is 6.59. The molecule has 1 saturated carbocycles. The van der Waals surface area contributed by atoms with E-state index in [1.165, 1.54) is 6.07 Å². The second-order valence-electron chi connectivity index (χ2n) is 5.35. The van der Waals surface area contributed by atoms with Gasteiger partial charge in [-0.15, -0.1) is 0 Å². The summed E-state index contributed by atoms with van der Waals surface area (Å²) >= 11 is 0. The lowest BCUT2D eigenvalue weighted by Crippen LogP contribution is -2.39. The van der Waals surface area contributed by atoms with E-state index in [0.717, 1.165) is 18.9 Å². The molecule has 2 nitrogen and oxygen atoms in total. The molecule has 1 unspecified atom stereocenters. The minimum Gasteiger partial charge on any atom is -0.329 e. The van der Waals surface area contributed by atoms with Gasteiger partial charge in [-0.1, -0.05) is 6.07 Å². The van der Waals surface area contributed by atoms with E-state index in [2.05, 4.69) is 0 Å². The minimum atomic E-state index is -4.55. The third-order valence-corrected chi connectivity index (χ3v) is 3.77. The summed E-state index contributed by atoms with van der Waals surface area (Å²) in [5.41, 5.74) is 4.87. The summed E-state index contributed by atoms with van der Waals surface area (Å²) in [6, 6.07) is 2.90. The van der Waals surface area contributed by atoms with Gasteiger partial charge in [0.05, 0.1) is 5.56 Å². The summed E-state index contributed by atoms with van der Waals surface area (Å²) < 4.78 is 51.8. The zero-order valence-electron chi connectivity index (χ0n) is 11.3. The van der Waals surface area contributed by atoms with E-state index in [-0.39, 0.29) is 18.2 Å². The normalized spacial score (nSPS) is 17.6. The molecular weight excluding hydrogens is 272 g/mol. The molecule has 0 heterocycles. The number of halogens is 4. The smallest absolute Gasteiger partial charge is 0.329 e. The number of hydrogen-bond acceptors (Lipinski definition) is 2. The van der Waals surface area contributed by atoms with Crippen molar-refractivity contribution in [2.75, 3.05) is 13.6 Å². The first kappa shape index (κ1) is 15.3. The number of likely N-dealkylation sites (N-methyl/N-ethyl adjacent to an activating group) is 1. The number of rotatable bonds is 5. The molecule has 0 spiro atoms. The van der Waals surface area contributed by atoms with Crippen molar-refractivity contribution in [2.45, 2.75) is 31.6 Å². The summed E-state index contributed by atoms with van der Waals surface area (Å²) in [4.78, 5) is 1.83. The maximum absolute atomic E-state index is 13.0. The number of nitrogens with zero attached hydrogens (tertiary/aromatic N) is 1. The Bertz CT molecular complexity index is 469. The lowest BCUT2D eigenvalue weighted by Gasteiger charge is -2.28. The molecule has 6 heteroatoms. The molecule has 0 bridgehead atoms. The molecule has 20 heavy (non-hydrogen) atoms. The Balaban J connectivity index is 2.20. The van der Waals surface area contributed by atoms with Crippen LogP contribution < -0.4 is 5.73 Å². The fourth-order valence-electron chi connectivity index (χ4n) is 2.55. The Morgan fingerprint density at radius 1 is 1.35 bits per heavy atom. The molecule has 112 valence electrons. The molecule has 0 aromatic heterocycles. The molecule has 1 fully saturated rings. The number of hydrogen-bond donors (Lipinski definition) is 1. The average Bonchev–Trinajstić information content (AvgIpc) is 3.15. The van der Waals surface area contributed by atoms with Gasteiger partial charge in [0.15, 0.2) is 0 Å². The molecule has 0 amide bonds. The highest BCUT2D eigenvalue weighted by Gasteiger charge is 2.36. The van der Waals surface area contributed by atoms with Gasteiger partial charge < -0.3 is 5.73 Å². The van der Waals surface area contributed by atoms with Crippen molar-refractivity contribution in [3.63, 3.8) is 0 Å². The molecule has 1 aliphatic rings. The maximum Gasteiger partial charge on any atom is 0.416 e. The van der Waals surface area contributed by atoms with Crippen LogP contribution in [-0.4, -0.2) is 24.5 Å². The van der Waals surface area contributed by atoms with Gasteiger partial charge in [0.1, 0.15) is 5.82 Å². The fraction of sp³-hybridized carbons (Fsp3) is 0.571. The van der Waals surface area contributed by atoms with E-state index in [4.69, 9.17) is 5.73 Å². The van der Waals surface area contributed by atoms with Gasteiger partial charge in [-0.05, 0) is 43.5 Å². The summed E-state index contributed by atoms with van der Waals surface area (Å²) in [6.45, 7) is 0.539. The van der Waals surface area contributed by atoms with E-state index >= 15 is 0 Å². The van der Waals surface area contributed by atoms with Crippen LogP contribution in [-0.2, 0) is 12.7 Å². The van der Waals surface area contributed by atoms with Gasteiger partial charge in [-0.2, -0.15) is 13.2 Å². The van der Waals surface area contributed by atoms with Crippen LogP contribution in [0.1, 0.15) is 24.0 Å². The van der Waals surface area contributed by atoms with Crippen LogP contribution in [0, 0.1) is 11.7 Å². The molecule has 0 radical (unpaired) electrons. The van der Waals surface area contributed by atoms with Crippen molar-refractivity contribution < 1.29 is 17.6 Å². The highest BCUT2D eigenvalue weighted by Crippen LogP contribution is 2.36. The van der Waals surface area contributed by atoms with E-state index in [9.17, 15) is 17.6 Å². The predicted octanol–water partition coefficient (Wildman–Crippen LogP) is 3.01. The zero-order chi connectivity index (χ0) is 14.9. The summed E-state index contributed by atoms with van der Waals surface area (Å²) in [5, 5.41) is 0. The molecule has 2 N–H and O–H groups in total. The SMILES string of the molecule is CN(Cc1ccc(F)cc1C(F)(F)F)C(CN)C1CC1. The Hall–Kier alpha value is -1.14. The first-order valence-corrected chi connectivity index (χ1v) is 6.59. The summed E-state index contributed by atoms with van der Waals surface area (Å²) in [5.74, 6) is -0.402. The van der Waals surface area contributed by atoms with Crippen LogP contribution in [0.25, 0.3) is 0 Å². The average molecular weight is 290 g/mol. The summed E-state index contributed by atoms with van der Waals surface area (Å²) in [6.07, 6.45) is -2.40. The molecule has 1 aliphatic carbocycles. The van der Waals surface area contributed by atoms with E-state index in [1.54, 1.807) is 7.05 Å². The van der Waals surface area contributed by atoms with Gasteiger partial charge in [-0.3, -0.25) is 4.90 Å². The number of nitrogens with two attached hydrogens (primary N) is 1. The van der Waals surface area contributed by atoms with Crippen molar-refractivity contribution in [3.05, 3.63) is 35.1 Å². The van der Waals surface area contributed by atoms with Crippen LogP contribution in [0.2, 0.25) is 0 Å². The van der Waals surface area contributed by atoms with Crippen LogP contribution >= 0.6 is 0 Å². The third kappa shape index (κ3) is 3.49. The lowest BCUT2D eigenvalue weighted by atomic mass is 10.0. The summed E-state index contributed by atoms with van der Waals surface area (Å²) in [7, 11) is 1.76. The molecule has 2 rings (SSSR count). The topological polar surface area (TPSA) is 29.3 Å². The largest absolute Gasteiger partial charge is 0.416 e. The van der Waals surface area contributed by atoms with Crippen LogP contribution in [0.5, 0.6) is 0 Å². The molecule has 1 aromatic carbocycles. The Kier molecular flexibility index (Phi) is 4.34. The van der Waals surface area contributed by atoms with Crippen molar-refractivity contribution in [1.29, 1.82) is 0 Å². The van der Waals surface area contributed by atoms with E-state index in [1.807, 2.05) is 4.90 Å². The van der Waals surface area contributed by atoms with Crippen molar-refractivity contribution in [3.8, 4) is 0 Å². The Labute approximate surface area is 115 Å². The molecular formula is C14H18F4N2. The Morgan fingerprint density at radius 2 is 2.00 bits per heavy atom. The predicted molar refractivity (Wildman–Crippen MR) is 68.4 cm³/mol. The van der Waals surface area contributed by atoms with Crippen molar-refractivity contribution in [1.82, 2.24) is 4.90 Å². The quantitative estimate of drug-likeness (QED) is 0.845. The number of benzene rings is 1. The zero-order valence-corrected chi connectivity index (χ0v) is 11.3. The first-order chi connectivity index (χ1) is 9.32. The number of alkyl halides is 3. The van der Waals surface area contributed by atoms with Crippen LogP contribution in [0.15, 0.2) is 18.2 Å². The van der Waals surface area contributed by atoms with Gasteiger partial charge in [0.25, 0.3) is 0 Å². The van der Waals surface area contributed by atoms with Crippen LogP contribution in [0.4, 0.5) is 17.6 Å². The van der Waals surface area contributed by atoms with E-state index < -0.39 is 17.6 Å². The second kappa shape index (κ2) is 5.69. The van der Waals surface area contributed by atoms with Crippen molar-refractivity contribution >= 4 is 0 Å². The highest BCUT2D eigenvalue weighted by molar-refractivity contribution is 5.30. The van der Waals surface area contributed by atoms with Gasteiger partial charge in [0, 0.05) is 19.1 Å². The van der Waals surface area contributed by atoms with E-state index in [0.29, 0.717) is 18.5 Å². The monoisotopic (exact) mass is 290 g/mol. The minimum absolute atomic E-state index is 0.0838. The molecule has 0 saturated heterocycles. The standard InChI is InChI=1S/C14H18F4N2/c1-20(13(7-19)9-2-3-9)8-10-4-5-11(15)6-12(10)14(16,17)18/h4-6,9,13H,2-3,7-8,19H2,1H3. The fourth-order valence-corrected chi connectivity index (χ4v) is 2.55. The molecule has 1 atom stereocenters. The van der Waals surface area contributed by atoms with Crippen molar-refractivity contribution in [2.24, 2.45) is 11.7 Å². The highest BCUT2D eigenvalue weighted by atomic mass is 19.4. The van der Waals surface area contributed by atoms with Gasteiger partial charge in [0.2, 0.25) is 0 Å². The second-order valence-corrected chi connectivity index (χ2v) is 5.35. The van der Waals surface area contributed by atoms with Crippen LogP contribution in [0.3, 0.4) is 0 Å². The molecule has 1 aromatic rings. The van der Waals surface area contributed by atoms with Gasteiger partial charge >= 0.3 is 6.18 Å². The maximum atomic E-state index is 13.0.